The van der Waals surface area contributed by atoms with Crippen LogP contribution in [0.4, 0.5) is 4.79 Å². The van der Waals surface area contributed by atoms with Crippen LogP contribution in [-0.2, 0) is 37.5 Å². The molecule has 0 aliphatic rings. The normalized spacial score (nSPS) is 11.8. The van der Waals surface area contributed by atoms with Crippen LogP contribution in [0, 0.1) is 0 Å². The van der Waals surface area contributed by atoms with E-state index in [0.717, 1.165) is 4.48 Å². The Bertz CT molecular complexity index is 918. The summed E-state index contributed by atoms with van der Waals surface area (Å²) in [4.78, 5) is 31.0. The van der Waals surface area contributed by atoms with E-state index in [1.54, 1.807) is 7.05 Å². The Labute approximate surface area is 341 Å². The SMILES string of the molecule is CC(=O)NC(C)(C)C.CC(C)(C)N=C(N)N.CC(C)(C)N=C(N)NCl.CC(C)(C)[N+](C)(C)C.CNC(=O)NC(C)(C)C.C[N-]C(C)(C)C.[HH].[HH].[HH].[HH].[HH].[Y]. The number of guanidine groups is 2. The topological polar surface area (TPSA) is 199 Å². The fourth-order valence-electron chi connectivity index (χ4n) is 1.70. The fourth-order valence-corrected chi connectivity index (χ4v) is 1.74. The standard InChI is InChI=1S/C7H18N.C6H14N2O.C6H13NO.C5H12ClN3.C5H13N3.C5H12N.Y.5H2/c1-7(2,3)8(4,5)6;1-6(2,3)8-5(9)7-4;1-5(8)7-6(2,3)4;1-5(2,3)8-4(7)9-6;1-5(2,3)8-4(6)7;1-5(2,3)6-4;;;;;;/h1-6H3;1-4H3,(H2,7,8,9);1-4H3,(H,7,8);1-3H3,(H3,7,8,9);1-3H3,(H4,6,7,8);1-4H3;;5*1H/q+1;;;;;-1;;;;;;. The second-order valence-electron chi connectivity index (χ2n) is 17.9. The Hall–Kier alpha value is -1.41. The summed E-state index contributed by atoms with van der Waals surface area (Å²) in [6.07, 6.45) is 0. The minimum Gasteiger partial charge on any atom is -0.660 e. The van der Waals surface area contributed by atoms with Crippen molar-refractivity contribution in [2.75, 3.05) is 35.2 Å². The maximum atomic E-state index is 10.6. The van der Waals surface area contributed by atoms with Gasteiger partial charge in [0.15, 0.2) is 5.96 Å². The fraction of sp³-hybridized carbons (Fsp3) is 0.882. The molecule has 0 aromatic heterocycles. The van der Waals surface area contributed by atoms with Crippen molar-refractivity contribution in [3.8, 4) is 0 Å². The maximum Gasteiger partial charge on any atom is 0.314 e. The van der Waals surface area contributed by atoms with Crippen molar-refractivity contribution in [3.63, 3.8) is 0 Å². The zero-order valence-electron chi connectivity index (χ0n) is 36.3. The third kappa shape index (κ3) is 77.4. The molecular formula is C34H92ClN11O2Y. The maximum absolute atomic E-state index is 10.6. The predicted octanol–water partition coefficient (Wildman–Crippen LogP) is 7.04. The first-order chi connectivity index (χ1) is 20.6. The van der Waals surface area contributed by atoms with Gasteiger partial charge in [-0.15, -0.1) is 5.54 Å². The molecule has 0 atom stereocenters. The molecule has 0 fully saturated rings. The van der Waals surface area contributed by atoms with Crippen molar-refractivity contribution in [1.29, 1.82) is 0 Å². The summed E-state index contributed by atoms with van der Waals surface area (Å²) >= 11 is 5.15. The molecule has 305 valence electrons. The number of urea groups is 1. The van der Waals surface area contributed by atoms with Gasteiger partial charge in [0.05, 0.1) is 37.8 Å². The van der Waals surface area contributed by atoms with Crippen LogP contribution in [0.3, 0.4) is 0 Å². The van der Waals surface area contributed by atoms with Crippen molar-refractivity contribution in [1.82, 2.24) is 20.8 Å². The monoisotopic (exact) mass is 811 g/mol. The van der Waals surface area contributed by atoms with Gasteiger partial charge in [0.1, 0.15) is 0 Å². The molecule has 0 aromatic rings. The molecule has 0 bridgehead atoms. The van der Waals surface area contributed by atoms with Crippen molar-refractivity contribution >= 4 is 35.6 Å². The summed E-state index contributed by atoms with van der Waals surface area (Å²) in [7, 11) is 10.1. The number of rotatable bonds is 0. The number of halogens is 1. The van der Waals surface area contributed by atoms with Gasteiger partial charge in [0.2, 0.25) is 11.9 Å². The molecular weight excluding hydrogens is 719 g/mol. The molecule has 0 spiro atoms. The number of nitrogens with one attached hydrogen (secondary N) is 4. The average molecular weight is 812 g/mol. The summed E-state index contributed by atoms with van der Waals surface area (Å²) in [6, 6.07) is -0.137. The van der Waals surface area contributed by atoms with Gasteiger partial charge >= 0.3 is 6.03 Å². The molecule has 0 heterocycles. The number of carbonyl (C=O) groups excluding carboxylic acids is 2. The Kier molecular flexibility index (Phi) is 34.9. The van der Waals surface area contributed by atoms with E-state index < -0.39 is 0 Å². The molecule has 0 aliphatic heterocycles. The molecule has 0 aliphatic carbocycles. The summed E-state index contributed by atoms with van der Waals surface area (Å²) in [5, 5.41) is 12.0. The van der Waals surface area contributed by atoms with E-state index >= 15 is 0 Å². The molecule has 49 heavy (non-hydrogen) atoms. The minimum absolute atomic E-state index is 0. The first-order valence-electron chi connectivity index (χ1n) is 16.1. The number of carbonyl (C=O) groups is 2. The molecule has 0 saturated heterocycles. The van der Waals surface area contributed by atoms with Crippen LogP contribution in [0.25, 0.3) is 5.32 Å². The van der Waals surface area contributed by atoms with Crippen LogP contribution < -0.4 is 38.0 Å². The average Bonchev–Trinajstić information content (AvgIpc) is 2.73. The van der Waals surface area contributed by atoms with E-state index in [4.69, 9.17) is 29.0 Å². The summed E-state index contributed by atoms with van der Waals surface area (Å²) in [6.45, 7) is 37.8. The summed E-state index contributed by atoms with van der Waals surface area (Å²) in [5.41, 5.74) is 15.5. The number of nitrogens with zero attached hydrogens (tertiary/aromatic N) is 4. The number of hydrogen-bond donors (Lipinski definition) is 7. The van der Waals surface area contributed by atoms with Crippen molar-refractivity contribution < 1.29 is 53.9 Å². The van der Waals surface area contributed by atoms with E-state index in [1.165, 1.54) is 6.92 Å². The van der Waals surface area contributed by atoms with Gasteiger partial charge in [0, 0.05) is 76.7 Å². The molecule has 0 rings (SSSR count). The van der Waals surface area contributed by atoms with Gasteiger partial charge in [-0.2, -0.15) is 7.05 Å². The predicted molar refractivity (Wildman–Crippen MR) is 224 cm³/mol. The van der Waals surface area contributed by atoms with E-state index in [0.29, 0.717) is 5.54 Å². The number of amides is 3. The molecule has 0 saturated carbocycles. The molecule has 13 nitrogen and oxygen atoms in total. The van der Waals surface area contributed by atoms with E-state index in [9.17, 15) is 9.59 Å². The first kappa shape index (κ1) is 62.7. The van der Waals surface area contributed by atoms with Crippen LogP contribution in [0.5, 0.6) is 0 Å². The number of aliphatic imine (C=N–C) groups is 2. The van der Waals surface area contributed by atoms with E-state index in [-0.39, 0.29) is 91.4 Å². The summed E-state index contributed by atoms with van der Waals surface area (Å²) in [5.74, 6) is 0.430. The molecule has 0 aromatic carbocycles. The quantitative estimate of drug-likeness (QED) is 0.0592. The van der Waals surface area contributed by atoms with E-state index in [2.05, 4.69) is 98.8 Å². The first-order valence-corrected chi connectivity index (χ1v) is 16.5. The Morgan fingerprint density at radius 3 is 1.02 bits per heavy atom. The van der Waals surface area contributed by atoms with Crippen molar-refractivity contribution in [2.45, 2.75) is 165 Å². The second kappa shape index (κ2) is 27.3. The Morgan fingerprint density at radius 2 is 0.980 bits per heavy atom. The Balaban J connectivity index is -0.0000000385. The van der Waals surface area contributed by atoms with Gasteiger partial charge in [0.25, 0.3) is 0 Å². The largest absolute Gasteiger partial charge is 0.660 e. The third-order valence-corrected chi connectivity index (χ3v) is 5.16. The van der Waals surface area contributed by atoms with Crippen LogP contribution in [-0.4, -0.2) is 96.8 Å². The number of hydrogen-bond acceptors (Lipinski definition) is 4. The van der Waals surface area contributed by atoms with Gasteiger partial charge in [-0.25, -0.2) is 14.8 Å². The molecule has 3 amide bonds. The zero-order valence-corrected chi connectivity index (χ0v) is 39.9. The van der Waals surface area contributed by atoms with Gasteiger partial charge in [-0.1, -0.05) is 20.8 Å². The smallest absolute Gasteiger partial charge is 0.314 e. The molecule has 10 N–H and O–H groups in total. The third-order valence-electron chi connectivity index (χ3n) is 4.97. The second-order valence-corrected chi connectivity index (χ2v) is 18.1. The molecule has 1 radical (unpaired) electrons. The molecule has 15 heteroatoms. The van der Waals surface area contributed by atoms with Crippen molar-refractivity contribution in [2.24, 2.45) is 27.2 Å². The van der Waals surface area contributed by atoms with Crippen molar-refractivity contribution in [3.05, 3.63) is 5.32 Å². The van der Waals surface area contributed by atoms with Crippen LogP contribution >= 0.6 is 11.8 Å². The minimum atomic E-state index is -0.161. The molecule has 0 unspecified atom stereocenters. The van der Waals surface area contributed by atoms with Gasteiger partial charge < -0.3 is 43.0 Å². The number of quaternary nitrogens is 1. The van der Waals surface area contributed by atoms with Gasteiger partial charge in [-0.05, 0) is 104 Å². The number of nitrogens with two attached hydrogens (primary N) is 3. The van der Waals surface area contributed by atoms with E-state index in [1.807, 2.05) is 90.1 Å². The zero-order chi connectivity index (χ0) is 40.8. The Morgan fingerprint density at radius 1 is 0.694 bits per heavy atom. The van der Waals surface area contributed by atoms with Crippen LogP contribution in [0.1, 0.15) is 139 Å². The van der Waals surface area contributed by atoms with Crippen LogP contribution in [0.2, 0.25) is 0 Å². The summed E-state index contributed by atoms with van der Waals surface area (Å²) < 4.78 is 1.02. The van der Waals surface area contributed by atoms with Gasteiger partial charge in [-0.3, -0.25) is 9.63 Å². The van der Waals surface area contributed by atoms with Crippen LogP contribution in [0.15, 0.2) is 9.98 Å².